The number of ether oxygens (including phenoxy) is 1. The molecule has 3 aromatic rings. The molecule has 4 nitrogen and oxygen atoms in total. The predicted octanol–water partition coefficient (Wildman–Crippen LogP) is 4.18. The van der Waals surface area contributed by atoms with Gasteiger partial charge in [-0.25, -0.2) is 0 Å². The van der Waals surface area contributed by atoms with Crippen molar-refractivity contribution in [2.75, 3.05) is 12.4 Å². The zero-order valence-corrected chi connectivity index (χ0v) is 14.8. The number of aromatic nitrogens is 1. The van der Waals surface area contributed by atoms with Gasteiger partial charge in [0.1, 0.15) is 0 Å². The largest absolute Gasteiger partial charge is 0.469 e. The highest BCUT2D eigenvalue weighted by atomic mass is 16.5. The third-order valence-corrected chi connectivity index (χ3v) is 4.34. The second kappa shape index (κ2) is 7.34. The fourth-order valence-corrected chi connectivity index (χ4v) is 2.91. The summed E-state index contributed by atoms with van der Waals surface area (Å²) in [7, 11) is 1.41. The first kappa shape index (κ1) is 17.0. The number of hydrogen-bond acceptors (Lipinski definition) is 4. The van der Waals surface area contributed by atoms with Crippen LogP contribution in [0.15, 0.2) is 48.5 Å². The van der Waals surface area contributed by atoms with E-state index in [4.69, 9.17) is 4.74 Å². The van der Waals surface area contributed by atoms with Gasteiger partial charge in [0.25, 0.3) is 0 Å². The summed E-state index contributed by atoms with van der Waals surface area (Å²) in [5.41, 5.74) is 6.02. The summed E-state index contributed by atoms with van der Waals surface area (Å²) < 4.78 is 4.86. The van der Waals surface area contributed by atoms with Gasteiger partial charge in [0.15, 0.2) is 0 Å². The molecule has 2 aromatic carbocycles. The summed E-state index contributed by atoms with van der Waals surface area (Å²) in [5.74, 6) is -0.265. The van der Waals surface area contributed by atoms with Crippen LogP contribution in [0.25, 0.3) is 10.9 Å². The highest BCUT2D eigenvalue weighted by Gasteiger charge is 2.16. The van der Waals surface area contributed by atoms with Crippen LogP contribution in [-0.2, 0) is 22.5 Å². The lowest BCUT2D eigenvalue weighted by atomic mass is 10.0. The zero-order valence-electron chi connectivity index (χ0n) is 14.8. The molecule has 0 spiro atoms. The van der Waals surface area contributed by atoms with E-state index in [1.807, 2.05) is 31.2 Å². The molecule has 4 heteroatoms. The van der Waals surface area contributed by atoms with Crippen molar-refractivity contribution in [2.24, 2.45) is 0 Å². The number of nitrogens with zero attached hydrogens (tertiary/aromatic N) is 1. The highest BCUT2D eigenvalue weighted by Crippen LogP contribution is 2.29. The molecule has 0 saturated carbocycles. The van der Waals surface area contributed by atoms with E-state index < -0.39 is 0 Å². The molecule has 0 amide bonds. The Kier molecular flexibility index (Phi) is 4.98. The van der Waals surface area contributed by atoms with Crippen molar-refractivity contribution in [2.45, 2.75) is 26.8 Å². The fraction of sp³-hybridized carbons (Fsp3) is 0.238. The molecule has 0 bridgehead atoms. The number of esters is 1. The molecule has 1 N–H and O–H groups in total. The summed E-state index contributed by atoms with van der Waals surface area (Å²) in [6, 6.07) is 16.4. The molecule has 1 heterocycles. The van der Waals surface area contributed by atoms with E-state index in [0.29, 0.717) is 6.54 Å². The number of benzene rings is 2. The van der Waals surface area contributed by atoms with Crippen LogP contribution < -0.4 is 5.32 Å². The standard InChI is InChI=1S/C21H22N2O2/c1-14-8-10-16(11-9-14)13-22-21-17-6-4-5-7-19(17)23-15(2)18(21)12-20(24)25-3/h4-11H,12-13H2,1-3H3,(H,22,23). The van der Waals surface area contributed by atoms with E-state index in [9.17, 15) is 4.79 Å². The number of anilines is 1. The number of rotatable bonds is 5. The topological polar surface area (TPSA) is 51.2 Å². The molecule has 1 aromatic heterocycles. The highest BCUT2D eigenvalue weighted by molar-refractivity contribution is 5.95. The third kappa shape index (κ3) is 3.79. The number of nitrogens with one attached hydrogen (secondary N) is 1. The van der Waals surface area contributed by atoms with Crippen LogP contribution in [0.3, 0.4) is 0 Å². The van der Waals surface area contributed by atoms with Crippen molar-refractivity contribution in [1.82, 2.24) is 4.98 Å². The number of hydrogen-bond donors (Lipinski definition) is 1. The van der Waals surface area contributed by atoms with Gasteiger partial charge in [-0.05, 0) is 25.5 Å². The van der Waals surface area contributed by atoms with Crippen molar-refractivity contribution < 1.29 is 9.53 Å². The van der Waals surface area contributed by atoms with Crippen LogP contribution in [0.2, 0.25) is 0 Å². The van der Waals surface area contributed by atoms with Crippen molar-refractivity contribution >= 4 is 22.6 Å². The molecule has 0 unspecified atom stereocenters. The maximum atomic E-state index is 11.9. The molecule has 3 rings (SSSR count). The van der Waals surface area contributed by atoms with Crippen molar-refractivity contribution in [3.05, 3.63) is 70.9 Å². The van der Waals surface area contributed by atoms with Crippen molar-refractivity contribution in [1.29, 1.82) is 0 Å². The van der Waals surface area contributed by atoms with E-state index in [2.05, 4.69) is 41.5 Å². The lowest BCUT2D eigenvalue weighted by Gasteiger charge is -2.17. The molecular weight excluding hydrogens is 312 g/mol. The lowest BCUT2D eigenvalue weighted by molar-refractivity contribution is -0.139. The number of carbonyl (C=O) groups excluding carboxylic acids is 1. The Balaban J connectivity index is 2.01. The lowest BCUT2D eigenvalue weighted by Crippen LogP contribution is -2.11. The van der Waals surface area contributed by atoms with Gasteiger partial charge >= 0.3 is 5.97 Å². The normalized spacial score (nSPS) is 10.7. The van der Waals surface area contributed by atoms with Gasteiger partial charge < -0.3 is 10.1 Å². The van der Waals surface area contributed by atoms with Gasteiger partial charge in [-0.3, -0.25) is 9.78 Å². The minimum atomic E-state index is -0.265. The molecule has 0 aliphatic rings. The van der Waals surface area contributed by atoms with Gasteiger partial charge in [0.05, 0.1) is 19.0 Å². The Labute approximate surface area is 147 Å². The summed E-state index contributed by atoms with van der Waals surface area (Å²) in [4.78, 5) is 16.5. The molecule has 25 heavy (non-hydrogen) atoms. The smallest absolute Gasteiger partial charge is 0.310 e. The minimum absolute atomic E-state index is 0.205. The average Bonchev–Trinajstić information content (AvgIpc) is 2.62. The molecular formula is C21H22N2O2. The second-order valence-corrected chi connectivity index (χ2v) is 6.16. The number of fused-ring (bicyclic) bond motifs is 1. The second-order valence-electron chi connectivity index (χ2n) is 6.16. The van der Waals surface area contributed by atoms with E-state index in [1.54, 1.807) is 0 Å². The Bertz CT molecular complexity index is 902. The number of pyridine rings is 1. The van der Waals surface area contributed by atoms with Gasteiger partial charge in [-0.1, -0.05) is 48.0 Å². The number of para-hydroxylation sites is 1. The Morgan fingerprint density at radius 3 is 2.52 bits per heavy atom. The van der Waals surface area contributed by atoms with Crippen LogP contribution in [-0.4, -0.2) is 18.1 Å². The number of methoxy groups -OCH3 is 1. The molecule has 0 atom stereocenters. The minimum Gasteiger partial charge on any atom is -0.469 e. The van der Waals surface area contributed by atoms with Crippen LogP contribution in [0.4, 0.5) is 5.69 Å². The summed E-state index contributed by atoms with van der Waals surface area (Å²) in [6.45, 7) is 4.69. The maximum Gasteiger partial charge on any atom is 0.310 e. The van der Waals surface area contributed by atoms with Crippen molar-refractivity contribution in [3.63, 3.8) is 0 Å². The van der Waals surface area contributed by atoms with Gasteiger partial charge in [-0.2, -0.15) is 0 Å². The first-order chi connectivity index (χ1) is 12.1. The summed E-state index contributed by atoms with van der Waals surface area (Å²) >= 11 is 0. The van der Waals surface area contributed by atoms with E-state index in [1.165, 1.54) is 18.2 Å². The first-order valence-corrected chi connectivity index (χ1v) is 8.33. The number of carbonyl (C=O) groups is 1. The molecule has 0 aliphatic heterocycles. The fourth-order valence-electron chi connectivity index (χ4n) is 2.91. The monoisotopic (exact) mass is 334 g/mol. The molecule has 0 fully saturated rings. The predicted molar refractivity (Wildman–Crippen MR) is 101 cm³/mol. The Hall–Kier alpha value is -2.88. The van der Waals surface area contributed by atoms with Gasteiger partial charge in [0, 0.05) is 28.9 Å². The van der Waals surface area contributed by atoms with Gasteiger partial charge in [-0.15, -0.1) is 0 Å². The summed E-state index contributed by atoms with van der Waals surface area (Å²) in [5, 5.41) is 4.53. The molecule has 0 radical (unpaired) electrons. The third-order valence-electron chi connectivity index (χ3n) is 4.34. The average molecular weight is 334 g/mol. The Morgan fingerprint density at radius 1 is 1.08 bits per heavy atom. The zero-order chi connectivity index (χ0) is 17.8. The first-order valence-electron chi connectivity index (χ1n) is 8.33. The quantitative estimate of drug-likeness (QED) is 0.711. The molecule has 0 aliphatic carbocycles. The SMILES string of the molecule is COC(=O)Cc1c(C)nc2ccccc2c1NCc1ccc(C)cc1. The van der Waals surface area contributed by atoms with Crippen molar-refractivity contribution in [3.8, 4) is 0 Å². The van der Waals surface area contributed by atoms with Gasteiger partial charge in [0.2, 0.25) is 0 Å². The van der Waals surface area contributed by atoms with E-state index >= 15 is 0 Å². The van der Waals surface area contributed by atoms with Crippen LogP contribution >= 0.6 is 0 Å². The molecule has 128 valence electrons. The number of aryl methyl sites for hydroxylation is 2. The summed E-state index contributed by atoms with van der Waals surface area (Å²) in [6.07, 6.45) is 0.205. The Morgan fingerprint density at radius 2 is 1.80 bits per heavy atom. The van der Waals surface area contributed by atoms with Crippen LogP contribution in [0, 0.1) is 13.8 Å². The van der Waals surface area contributed by atoms with E-state index in [0.717, 1.165) is 27.8 Å². The van der Waals surface area contributed by atoms with Crippen LogP contribution in [0.1, 0.15) is 22.4 Å². The molecule has 0 saturated heterocycles. The maximum absolute atomic E-state index is 11.9. The van der Waals surface area contributed by atoms with E-state index in [-0.39, 0.29) is 12.4 Å². The van der Waals surface area contributed by atoms with Crippen LogP contribution in [0.5, 0.6) is 0 Å².